The maximum absolute atomic E-state index is 10.3. The van der Waals surface area contributed by atoms with Gasteiger partial charge in [-0.2, -0.15) is 0 Å². The zero-order valence-electron chi connectivity index (χ0n) is 5.93. The van der Waals surface area contributed by atoms with E-state index in [2.05, 4.69) is 5.18 Å². The molecule has 62 valence electrons. The van der Waals surface area contributed by atoms with Gasteiger partial charge in [-0.25, -0.2) is 0 Å². The SMILES string of the molecule is Nc1ccc(N=O)c([N+](=O)[O-])c1. The molecule has 0 aromatic heterocycles. The minimum atomic E-state index is -0.701. The number of nitrogens with zero attached hydrogens (tertiary/aromatic N) is 2. The van der Waals surface area contributed by atoms with Crippen LogP contribution >= 0.6 is 0 Å². The lowest BCUT2D eigenvalue weighted by atomic mass is 10.2. The molecule has 0 amide bonds. The third kappa shape index (κ3) is 1.36. The summed E-state index contributed by atoms with van der Waals surface area (Å²) in [6, 6.07) is 3.68. The lowest BCUT2D eigenvalue weighted by Crippen LogP contribution is -1.91. The Bertz CT molecular complexity index is 337. The second-order valence-electron chi connectivity index (χ2n) is 2.10. The quantitative estimate of drug-likeness (QED) is 0.312. The average Bonchev–Trinajstić information content (AvgIpc) is 2.04. The number of nitro benzene ring substituents is 1. The first-order valence-corrected chi connectivity index (χ1v) is 3.02. The molecule has 0 saturated carbocycles. The Hall–Kier alpha value is -1.98. The Kier molecular flexibility index (Phi) is 2.00. The molecule has 0 spiro atoms. The maximum Gasteiger partial charge on any atom is 0.300 e. The summed E-state index contributed by atoms with van der Waals surface area (Å²) in [6.45, 7) is 0. The smallest absolute Gasteiger partial charge is 0.300 e. The topological polar surface area (TPSA) is 98.6 Å². The van der Waals surface area contributed by atoms with Crippen LogP contribution in [0.15, 0.2) is 23.4 Å². The van der Waals surface area contributed by atoms with Crippen molar-refractivity contribution < 1.29 is 4.92 Å². The van der Waals surface area contributed by atoms with Crippen LogP contribution < -0.4 is 5.73 Å². The van der Waals surface area contributed by atoms with Gasteiger partial charge in [-0.3, -0.25) is 10.1 Å². The molecular formula is C6H5N3O3. The van der Waals surface area contributed by atoms with Gasteiger partial charge in [0.25, 0.3) is 5.69 Å². The number of benzene rings is 1. The molecular weight excluding hydrogens is 162 g/mol. The summed E-state index contributed by atoms with van der Waals surface area (Å²) in [6.07, 6.45) is 0. The molecule has 12 heavy (non-hydrogen) atoms. The van der Waals surface area contributed by atoms with Crippen molar-refractivity contribution >= 4 is 17.1 Å². The molecule has 6 heteroatoms. The second kappa shape index (κ2) is 2.95. The summed E-state index contributed by atoms with van der Waals surface area (Å²) in [5.74, 6) is 0. The summed E-state index contributed by atoms with van der Waals surface area (Å²) in [5, 5.41) is 12.8. The van der Waals surface area contributed by atoms with Crippen molar-refractivity contribution in [2.75, 3.05) is 5.73 Å². The molecule has 0 bridgehead atoms. The van der Waals surface area contributed by atoms with E-state index in [0.717, 1.165) is 6.07 Å². The highest BCUT2D eigenvalue weighted by atomic mass is 16.6. The van der Waals surface area contributed by atoms with Crippen molar-refractivity contribution in [3.05, 3.63) is 33.2 Å². The van der Waals surface area contributed by atoms with Crippen LogP contribution in [0.3, 0.4) is 0 Å². The van der Waals surface area contributed by atoms with Crippen LogP contribution in [-0.2, 0) is 0 Å². The zero-order chi connectivity index (χ0) is 9.14. The summed E-state index contributed by atoms with van der Waals surface area (Å²) in [7, 11) is 0. The third-order valence-electron chi connectivity index (χ3n) is 1.29. The second-order valence-corrected chi connectivity index (χ2v) is 2.10. The van der Waals surface area contributed by atoms with Gasteiger partial charge in [0.1, 0.15) is 0 Å². The molecule has 1 aromatic carbocycles. The van der Waals surface area contributed by atoms with E-state index in [9.17, 15) is 15.0 Å². The number of nitroso groups, excluding NO2 is 1. The minimum absolute atomic E-state index is 0.214. The number of nitro groups is 1. The Labute approximate surface area is 67.1 Å². The number of rotatable bonds is 2. The van der Waals surface area contributed by atoms with Gasteiger partial charge < -0.3 is 5.73 Å². The van der Waals surface area contributed by atoms with E-state index in [-0.39, 0.29) is 17.1 Å². The molecule has 0 atom stereocenters. The molecule has 0 heterocycles. The maximum atomic E-state index is 10.3. The molecule has 0 aliphatic rings. The summed E-state index contributed by atoms with van der Waals surface area (Å²) >= 11 is 0. The number of anilines is 1. The third-order valence-corrected chi connectivity index (χ3v) is 1.29. The van der Waals surface area contributed by atoms with Crippen LogP contribution in [-0.4, -0.2) is 4.92 Å². The molecule has 0 aliphatic heterocycles. The first-order valence-electron chi connectivity index (χ1n) is 3.02. The fourth-order valence-corrected chi connectivity index (χ4v) is 0.764. The van der Waals surface area contributed by atoms with Crippen molar-refractivity contribution in [2.24, 2.45) is 5.18 Å². The predicted octanol–water partition coefficient (Wildman–Crippen LogP) is 1.57. The van der Waals surface area contributed by atoms with E-state index < -0.39 is 4.92 Å². The van der Waals surface area contributed by atoms with Gasteiger partial charge in [-0.05, 0) is 17.3 Å². The molecule has 2 N–H and O–H groups in total. The Morgan fingerprint density at radius 1 is 1.50 bits per heavy atom. The highest BCUT2D eigenvalue weighted by Crippen LogP contribution is 2.28. The van der Waals surface area contributed by atoms with E-state index in [0.29, 0.717) is 0 Å². The fraction of sp³-hybridized carbons (Fsp3) is 0. The van der Waals surface area contributed by atoms with Crippen LogP contribution in [0.2, 0.25) is 0 Å². The van der Waals surface area contributed by atoms with Crippen molar-refractivity contribution in [2.45, 2.75) is 0 Å². The minimum Gasteiger partial charge on any atom is -0.399 e. The zero-order valence-corrected chi connectivity index (χ0v) is 5.93. The van der Waals surface area contributed by atoms with Crippen molar-refractivity contribution in [1.82, 2.24) is 0 Å². The Balaban J connectivity index is 3.30. The van der Waals surface area contributed by atoms with Gasteiger partial charge in [0.05, 0.1) is 4.92 Å². The Morgan fingerprint density at radius 3 is 2.67 bits per heavy atom. The standard InChI is InChI=1S/C6H5N3O3/c7-4-1-2-5(8-10)6(3-4)9(11)12/h1-3H,7H2. The summed E-state index contributed by atoms with van der Waals surface area (Å²) in [5.41, 5.74) is 4.92. The fourth-order valence-electron chi connectivity index (χ4n) is 0.764. The summed E-state index contributed by atoms with van der Waals surface area (Å²) in [4.78, 5) is 19.6. The number of nitrogens with two attached hydrogens (primary N) is 1. The van der Waals surface area contributed by atoms with Crippen LogP contribution in [0.1, 0.15) is 0 Å². The molecule has 0 saturated heterocycles. The van der Waals surface area contributed by atoms with Crippen molar-refractivity contribution in [1.29, 1.82) is 0 Å². The molecule has 0 unspecified atom stereocenters. The lowest BCUT2D eigenvalue weighted by Gasteiger charge is -1.94. The normalized spacial score (nSPS) is 9.33. The van der Waals surface area contributed by atoms with Gasteiger partial charge in [0.15, 0.2) is 5.69 Å². The molecule has 6 nitrogen and oxygen atoms in total. The van der Waals surface area contributed by atoms with Gasteiger partial charge in [0, 0.05) is 11.8 Å². The van der Waals surface area contributed by atoms with Crippen LogP contribution in [0.25, 0.3) is 0 Å². The Morgan fingerprint density at radius 2 is 2.17 bits per heavy atom. The van der Waals surface area contributed by atoms with Crippen molar-refractivity contribution in [3.8, 4) is 0 Å². The van der Waals surface area contributed by atoms with Crippen molar-refractivity contribution in [3.63, 3.8) is 0 Å². The van der Waals surface area contributed by atoms with Crippen LogP contribution in [0, 0.1) is 15.0 Å². The number of nitrogen functional groups attached to an aromatic ring is 1. The van der Waals surface area contributed by atoms with E-state index in [1.54, 1.807) is 0 Å². The monoisotopic (exact) mass is 167 g/mol. The van der Waals surface area contributed by atoms with E-state index in [1.807, 2.05) is 0 Å². The van der Waals surface area contributed by atoms with Crippen LogP contribution in [0.5, 0.6) is 0 Å². The van der Waals surface area contributed by atoms with Gasteiger partial charge in [-0.1, -0.05) is 0 Å². The molecule has 1 rings (SSSR count). The highest BCUT2D eigenvalue weighted by Gasteiger charge is 2.13. The molecule has 1 aromatic rings. The number of hydrogen-bond donors (Lipinski definition) is 1. The number of hydrogen-bond acceptors (Lipinski definition) is 5. The first-order chi connectivity index (χ1) is 5.65. The van der Waals surface area contributed by atoms with E-state index >= 15 is 0 Å². The highest BCUT2D eigenvalue weighted by molar-refractivity contribution is 5.63. The summed E-state index contributed by atoms with van der Waals surface area (Å²) < 4.78 is 0. The molecule has 0 radical (unpaired) electrons. The van der Waals surface area contributed by atoms with Gasteiger partial charge in [-0.15, -0.1) is 4.91 Å². The first kappa shape index (κ1) is 8.12. The predicted molar refractivity (Wildman–Crippen MR) is 43.0 cm³/mol. The largest absolute Gasteiger partial charge is 0.399 e. The molecule has 0 fully saturated rings. The van der Waals surface area contributed by atoms with Crippen LogP contribution in [0.4, 0.5) is 17.1 Å². The van der Waals surface area contributed by atoms with Gasteiger partial charge >= 0.3 is 0 Å². The van der Waals surface area contributed by atoms with E-state index in [4.69, 9.17) is 5.73 Å². The van der Waals surface area contributed by atoms with E-state index in [1.165, 1.54) is 12.1 Å². The molecule has 0 aliphatic carbocycles. The average molecular weight is 167 g/mol. The lowest BCUT2D eigenvalue weighted by molar-refractivity contribution is -0.384. The van der Waals surface area contributed by atoms with Gasteiger partial charge in [0.2, 0.25) is 0 Å².